The van der Waals surface area contributed by atoms with Gasteiger partial charge in [-0.25, -0.2) is 9.59 Å². The van der Waals surface area contributed by atoms with E-state index in [0.29, 0.717) is 12.7 Å². The second-order valence-corrected chi connectivity index (χ2v) is 5.12. The molecule has 128 valence electrons. The molecular weight excluding hydrogens is 304 g/mol. The van der Waals surface area contributed by atoms with E-state index in [2.05, 4.69) is 13.2 Å². The van der Waals surface area contributed by atoms with Crippen molar-refractivity contribution in [2.45, 2.75) is 46.5 Å². The molecule has 1 unspecified atom stereocenters. The Balaban J connectivity index is 5.64. The van der Waals surface area contributed by atoms with E-state index >= 15 is 0 Å². The van der Waals surface area contributed by atoms with Gasteiger partial charge in [0.05, 0.1) is 6.42 Å². The van der Waals surface area contributed by atoms with E-state index < -0.39 is 29.8 Å². The first kappa shape index (κ1) is 20.6. The summed E-state index contributed by atoms with van der Waals surface area (Å²) in [6.07, 6.45) is 0.609. The van der Waals surface area contributed by atoms with Crippen LogP contribution in [0.5, 0.6) is 0 Å². The van der Waals surface area contributed by atoms with Crippen molar-refractivity contribution in [1.29, 1.82) is 0 Å². The molecule has 0 heterocycles. The lowest BCUT2D eigenvalue weighted by Crippen LogP contribution is -2.45. The number of esters is 3. The first-order valence-corrected chi connectivity index (χ1v) is 7.04. The number of rotatable bonds is 9. The van der Waals surface area contributed by atoms with E-state index in [0.717, 1.165) is 0 Å². The van der Waals surface area contributed by atoms with Gasteiger partial charge in [-0.1, -0.05) is 20.1 Å². The van der Waals surface area contributed by atoms with Crippen LogP contribution in [-0.2, 0) is 33.4 Å². The molecule has 0 aromatic carbocycles. The summed E-state index contributed by atoms with van der Waals surface area (Å²) in [6.45, 7) is 12.6. The number of hydrogen-bond acceptors (Lipinski definition) is 7. The van der Waals surface area contributed by atoms with Crippen molar-refractivity contribution in [3.63, 3.8) is 0 Å². The Hall–Kier alpha value is -2.44. The molecule has 0 amide bonds. The number of hydrogen-bond donors (Lipinski definition) is 0. The minimum atomic E-state index is -2.27. The third-order valence-corrected chi connectivity index (χ3v) is 2.58. The summed E-state index contributed by atoms with van der Waals surface area (Å²) in [6, 6.07) is 0. The molecule has 0 aliphatic carbocycles. The molecule has 0 aliphatic rings. The highest BCUT2D eigenvalue weighted by Crippen LogP contribution is 2.26. The lowest BCUT2D eigenvalue weighted by atomic mass is 10.2. The van der Waals surface area contributed by atoms with E-state index in [1.807, 2.05) is 0 Å². The molecule has 0 aromatic rings. The maximum Gasteiger partial charge on any atom is 0.423 e. The van der Waals surface area contributed by atoms with E-state index in [1.54, 1.807) is 6.92 Å². The summed E-state index contributed by atoms with van der Waals surface area (Å²) in [4.78, 5) is 46.2. The SMILES string of the molecule is C=C(C)C(=O)OC(CCC)(OC(=O)C(=C)C)OC(=O)C(C)C=O. The molecular formula is C16H22O7. The van der Waals surface area contributed by atoms with Gasteiger partial charge in [-0.2, -0.15) is 0 Å². The van der Waals surface area contributed by atoms with E-state index in [9.17, 15) is 19.2 Å². The zero-order valence-corrected chi connectivity index (χ0v) is 13.8. The zero-order chi connectivity index (χ0) is 18.2. The minimum absolute atomic E-state index is 0.0244. The van der Waals surface area contributed by atoms with Gasteiger partial charge in [0.15, 0.2) is 0 Å². The summed E-state index contributed by atoms with van der Waals surface area (Å²) in [5.41, 5.74) is 0.0488. The molecule has 7 heteroatoms. The second-order valence-electron chi connectivity index (χ2n) is 5.12. The minimum Gasteiger partial charge on any atom is -0.388 e. The van der Waals surface area contributed by atoms with Gasteiger partial charge in [0.1, 0.15) is 12.2 Å². The Morgan fingerprint density at radius 3 is 1.78 bits per heavy atom. The van der Waals surface area contributed by atoms with Gasteiger partial charge in [0.25, 0.3) is 0 Å². The molecule has 0 spiro atoms. The largest absolute Gasteiger partial charge is 0.423 e. The summed E-state index contributed by atoms with van der Waals surface area (Å²) in [5.74, 6) is -6.18. The highest BCUT2D eigenvalue weighted by atomic mass is 16.9. The van der Waals surface area contributed by atoms with Crippen molar-refractivity contribution in [2.24, 2.45) is 5.92 Å². The summed E-state index contributed by atoms with van der Waals surface area (Å²) >= 11 is 0. The van der Waals surface area contributed by atoms with E-state index in [1.165, 1.54) is 20.8 Å². The van der Waals surface area contributed by atoms with Crippen molar-refractivity contribution < 1.29 is 33.4 Å². The fourth-order valence-corrected chi connectivity index (χ4v) is 1.28. The molecule has 0 saturated heterocycles. The average molecular weight is 326 g/mol. The topological polar surface area (TPSA) is 96.0 Å². The maximum absolute atomic E-state index is 11.9. The molecule has 0 saturated carbocycles. The first-order valence-electron chi connectivity index (χ1n) is 7.04. The highest BCUT2D eigenvalue weighted by molar-refractivity contribution is 5.90. The van der Waals surface area contributed by atoms with Crippen LogP contribution < -0.4 is 0 Å². The predicted molar refractivity (Wildman–Crippen MR) is 80.8 cm³/mol. The Bertz CT molecular complexity index is 491. The molecule has 0 N–H and O–H groups in total. The summed E-state index contributed by atoms with van der Waals surface area (Å²) < 4.78 is 15.1. The fourth-order valence-electron chi connectivity index (χ4n) is 1.28. The van der Waals surface area contributed by atoms with Crippen LogP contribution in [0.25, 0.3) is 0 Å². The lowest BCUT2D eigenvalue weighted by molar-refractivity contribution is -0.330. The van der Waals surface area contributed by atoms with Gasteiger partial charge < -0.3 is 19.0 Å². The second kappa shape index (κ2) is 8.87. The van der Waals surface area contributed by atoms with Gasteiger partial charge in [0.2, 0.25) is 0 Å². The number of carbonyl (C=O) groups is 4. The molecule has 0 bridgehead atoms. The average Bonchev–Trinajstić information content (AvgIpc) is 2.45. The van der Waals surface area contributed by atoms with Crippen LogP contribution >= 0.6 is 0 Å². The third-order valence-electron chi connectivity index (χ3n) is 2.58. The van der Waals surface area contributed by atoms with Gasteiger partial charge >= 0.3 is 23.9 Å². The maximum atomic E-state index is 11.9. The predicted octanol–water partition coefficient (Wildman–Crippen LogP) is 2.06. The normalized spacial score (nSPS) is 11.8. The summed E-state index contributed by atoms with van der Waals surface area (Å²) in [5, 5.41) is 0. The van der Waals surface area contributed by atoms with Crippen molar-refractivity contribution in [3.05, 3.63) is 24.3 Å². The third kappa shape index (κ3) is 6.46. The van der Waals surface area contributed by atoms with Gasteiger partial charge in [0, 0.05) is 11.1 Å². The fraction of sp³-hybridized carbons (Fsp3) is 0.500. The van der Waals surface area contributed by atoms with Crippen molar-refractivity contribution >= 4 is 24.2 Å². The Morgan fingerprint density at radius 1 is 1.04 bits per heavy atom. The molecule has 0 aromatic heterocycles. The Labute approximate surface area is 135 Å². The van der Waals surface area contributed by atoms with Crippen LogP contribution in [0.1, 0.15) is 40.5 Å². The van der Waals surface area contributed by atoms with Crippen molar-refractivity contribution in [3.8, 4) is 0 Å². The Kier molecular flexibility index (Phi) is 7.93. The van der Waals surface area contributed by atoms with Gasteiger partial charge in [-0.3, -0.25) is 4.79 Å². The summed E-state index contributed by atoms with van der Waals surface area (Å²) in [7, 11) is 0. The number of aldehydes is 1. The molecule has 0 radical (unpaired) electrons. The quantitative estimate of drug-likeness (QED) is 0.210. The zero-order valence-electron chi connectivity index (χ0n) is 13.8. The van der Waals surface area contributed by atoms with E-state index in [4.69, 9.17) is 14.2 Å². The monoisotopic (exact) mass is 326 g/mol. The van der Waals surface area contributed by atoms with Crippen LogP contribution in [0, 0.1) is 5.92 Å². The molecule has 7 nitrogen and oxygen atoms in total. The van der Waals surface area contributed by atoms with E-state index in [-0.39, 0.29) is 17.6 Å². The smallest absolute Gasteiger partial charge is 0.388 e. The van der Waals surface area contributed by atoms with Crippen LogP contribution in [-0.4, -0.2) is 30.2 Å². The first-order chi connectivity index (χ1) is 10.6. The number of carbonyl (C=O) groups excluding carboxylic acids is 4. The van der Waals surface area contributed by atoms with Crippen LogP contribution in [0.3, 0.4) is 0 Å². The highest BCUT2D eigenvalue weighted by Gasteiger charge is 2.44. The Morgan fingerprint density at radius 2 is 1.48 bits per heavy atom. The van der Waals surface area contributed by atoms with Gasteiger partial charge in [-0.15, -0.1) is 0 Å². The van der Waals surface area contributed by atoms with Crippen LogP contribution in [0.2, 0.25) is 0 Å². The van der Waals surface area contributed by atoms with Crippen LogP contribution in [0.4, 0.5) is 0 Å². The molecule has 0 rings (SSSR count). The standard InChI is InChI=1S/C16H22O7/c1-7-8-16(21-13(18)10(2)3,22-14(19)11(4)5)23-15(20)12(6)9-17/h9,12H,2,4,7-8H2,1,3,5-6H3. The molecule has 23 heavy (non-hydrogen) atoms. The van der Waals surface area contributed by atoms with Crippen molar-refractivity contribution in [2.75, 3.05) is 0 Å². The molecule has 0 fully saturated rings. The molecule has 0 aliphatic heterocycles. The number of ether oxygens (including phenoxy) is 3. The lowest BCUT2D eigenvalue weighted by Gasteiger charge is -2.31. The molecule has 1 atom stereocenters. The van der Waals surface area contributed by atoms with Crippen LogP contribution in [0.15, 0.2) is 24.3 Å². The van der Waals surface area contributed by atoms with Crippen molar-refractivity contribution in [1.82, 2.24) is 0 Å². The van der Waals surface area contributed by atoms with Gasteiger partial charge in [-0.05, 0) is 27.2 Å².